The van der Waals surface area contributed by atoms with E-state index < -0.39 is 6.04 Å². The van der Waals surface area contributed by atoms with Gasteiger partial charge in [-0.05, 0) is 12.0 Å². The highest BCUT2D eigenvalue weighted by molar-refractivity contribution is 9.08. The summed E-state index contributed by atoms with van der Waals surface area (Å²) in [4.78, 5) is 30.6. The van der Waals surface area contributed by atoms with Gasteiger partial charge in [0.1, 0.15) is 6.04 Å². The van der Waals surface area contributed by atoms with Gasteiger partial charge in [-0.15, -0.1) is 0 Å². The number of hydrogen-bond donors (Lipinski definition) is 2. The molecule has 1 aromatic rings. The van der Waals surface area contributed by atoms with Crippen molar-refractivity contribution in [3.05, 3.63) is 18.0 Å². The van der Waals surface area contributed by atoms with E-state index in [0.29, 0.717) is 24.1 Å². The van der Waals surface area contributed by atoms with Gasteiger partial charge in [-0.2, -0.15) is 0 Å². The lowest BCUT2D eigenvalue weighted by Crippen LogP contribution is -2.47. The number of alkyl halides is 1. The van der Waals surface area contributed by atoms with Crippen LogP contribution in [-0.2, 0) is 14.9 Å². The van der Waals surface area contributed by atoms with Crippen LogP contribution in [-0.4, -0.2) is 27.8 Å². The van der Waals surface area contributed by atoms with Gasteiger partial charge in [0.15, 0.2) is 0 Å². The molecule has 2 heterocycles. The van der Waals surface area contributed by atoms with Gasteiger partial charge in [-0.25, -0.2) is 9.97 Å². The first kappa shape index (κ1) is 12.0. The van der Waals surface area contributed by atoms with E-state index in [1.54, 1.807) is 12.4 Å². The van der Waals surface area contributed by atoms with Crippen molar-refractivity contribution in [2.45, 2.75) is 24.2 Å². The number of piperidine rings is 1. The summed E-state index contributed by atoms with van der Waals surface area (Å²) in [5.74, 6) is -0.165. The van der Waals surface area contributed by atoms with E-state index in [2.05, 4.69) is 36.5 Å². The van der Waals surface area contributed by atoms with Gasteiger partial charge in [-0.1, -0.05) is 15.9 Å². The molecule has 0 spiro atoms. The summed E-state index contributed by atoms with van der Waals surface area (Å²) >= 11 is 3.29. The summed E-state index contributed by atoms with van der Waals surface area (Å²) in [5, 5.41) is 5.86. The van der Waals surface area contributed by atoms with Crippen molar-refractivity contribution in [3.63, 3.8) is 0 Å². The van der Waals surface area contributed by atoms with Gasteiger partial charge < -0.3 is 5.32 Å². The molecular formula is C10H11BrN4O2. The van der Waals surface area contributed by atoms with Gasteiger partial charge in [0.2, 0.25) is 17.8 Å². The van der Waals surface area contributed by atoms with Gasteiger partial charge >= 0.3 is 0 Å². The molecule has 1 aliphatic rings. The normalized spacial score (nSPS) is 19.9. The third-order valence-corrected chi connectivity index (χ3v) is 3.05. The van der Waals surface area contributed by atoms with Crippen LogP contribution in [0.5, 0.6) is 0 Å². The van der Waals surface area contributed by atoms with Crippen LogP contribution in [0, 0.1) is 0 Å². The zero-order chi connectivity index (χ0) is 12.3. The summed E-state index contributed by atoms with van der Waals surface area (Å²) in [5.41, 5.74) is 0.957. The highest BCUT2D eigenvalue weighted by Crippen LogP contribution is 2.10. The van der Waals surface area contributed by atoms with Crippen molar-refractivity contribution in [1.29, 1.82) is 0 Å². The Morgan fingerprint density at radius 3 is 2.71 bits per heavy atom. The van der Waals surface area contributed by atoms with Crippen LogP contribution in [0.1, 0.15) is 18.4 Å². The minimum Gasteiger partial charge on any atom is -0.342 e. The molecule has 1 fully saturated rings. The fourth-order valence-electron chi connectivity index (χ4n) is 1.49. The van der Waals surface area contributed by atoms with Crippen LogP contribution >= 0.6 is 15.9 Å². The van der Waals surface area contributed by atoms with Crippen molar-refractivity contribution in [2.75, 3.05) is 5.32 Å². The molecule has 6 nitrogen and oxygen atoms in total. The van der Waals surface area contributed by atoms with Gasteiger partial charge in [0.25, 0.3) is 0 Å². The minimum atomic E-state index is -0.442. The van der Waals surface area contributed by atoms with Gasteiger partial charge in [0.05, 0.1) is 0 Å². The quantitative estimate of drug-likeness (QED) is 0.630. The molecule has 90 valence electrons. The number of hydrogen-bond acceptors (Lipinski definition) is 5. The molecule has 1 atom stereocenters. The summed E-state index contributed by atoms with van der Waals surface area (Å²) < 4.78 is 0. The maximum atomic E-state index is 11.5. The molecule has 2 amide bonds. The number of halogens is 1. The Morgan fingerprint density at radius 1 is 1.41 bits per heavy atom. The molecule has 0 saturated carbocycles. The van der Waals surface area contributed by atoms with E-state index in [1.165, 1.54) is 0 Å². The lowest BCUT2D eigenvalue weighted by atomic mass is 10.1. The molecule has 2 rings (SSSR count). The van der Waals surface area contributed by atoms with Crippen molar-refractivity contribution in [1.82, 2.24) is 15.3 Å². The van der Waals surface area contributed by atoms with E-state index in [1.807, 2.05) is 0 Å². The zero-order valence-electron chi connectivity index (χ0n) is 8.94. The SMILES string of the molecule is O=C1CCC(Nc2ncc(CBr)cn2)C(=O)N1. The average molecular weight is 299 g/mol. The minimum absolute atomic E-state index is 0.233. The first-order chi connectivity index (χ1) is 8.19. The number of imide groups is 1. The van der Waals surface area contributed by atoms with E-state index >= 15 is 0 Å². The number of rotatable bonds is 3. The number of amides is 2. The van der Waals surface area contributed by atoms with Crippen LogP contribution in [0.15, 0.2) is 12.4 Å². The second-order valence-electron chi connectivity index (χ2n) is 3.70. The summed E-state index contributed by atoms with van der Waals surface area (Å²) in [6.45, 7) is 0. The Labute approximate surface area is 106 Å². The van der Waals surface area contributed by atoms with E-state index in [-0.39, 0.29) is 11.8 Å². The monoisotopic (exact) mass is 298 g/mol. The molecule has 0 radical (unpaired) electrons. The number of anilines is 1. The number of aromatic nitrogens is 2. The highest BCUT2D eigenvalue weighted by atomic mass is 79.9. The average Bonchev–Trinajstić information content (AvgIpc) is 2.34. The molecule has 7 heteroatoms. The largest absolute Gasteiger partial charge is 0.342 e. The van der Waals surface area contributed by atoms with Crippen LogP contribution < -0.4 is 10.6 Å². The van der Waals surface area contributed by atoms with Gasteiger partial charge in [0, 0.05) is 24.1 Å². The standard InChI is InChI=1S/C10H11BrN4O2/c11-3-6-4-12-10(13-5-6)14-7-1-2-8(16)15-9(7)17/h4-5,7H,1-3H2,(H,12,13,14)(H,15,16,17). The third-order valence-electron chi connectivity index (χ3n) is 2.40. The van der Waals surface area contributed by atoms with E-state index in [0.717, 1.165) is 5.56 Å². The number of carbonyl (C=O) groups is 2. The van der Waals surface area contributed by atoms with Crippen LogP contribution in [0.2, 0.25) is 0 Å². The highest BCUT2D eigenvalue weighted by Gasteiger charge is 2.26. The second-order valence-corrected chi connectivity index (χ2v) is 4.26. The van der Waals surface area contributed by atoms with E-state index in [4.69, 9.17) is 0 Å². The lowest BCUT2D eigenvalue weighted by Gasteiger charge is -2.21. The molecule has 2 N–H and O–H groups in total. The second kappa shape index (κ2) is 5.22. The molecule has 1 saturated heterocycles. The molecule has 1 aromatic heterocycles. The molecule has 1 aliphatic heterocycles. The smallest absolute Gasteiger partial charge is 0.249 e. The van der Waals surface area contributed by atoms with Crippen molar-refractivity contribution < 1.29 is 9.59 Å². The van der Waals surface area contributed by atoms with Crippen LogP contribution in [0.25, 0.3) is 0 Å². The Hall–Kier alpha value is -1.50. The molecule has 0 aromatic carbocycles. The summed E-state index contributed by atoms with van der Waals surface area (Å²) in [6, 6.07) is -0.442. The molecule has 0 aliphatic carbocycles. The fraction of sp³-hybridized carbons (Fsp3) is 0.400. The number of nitrogens with one attached hydrogen (secondary N) is 2. The predicted octanol–water partition coefficient (Wildman–Crippen LogP) is 0.589. The van der Waals surface area contributed by atoms with Crippen molar-refractivity contribution in [3.8, 4) is 0 Å². The van der Waals surface area contributed by atoms with Crippen molar-refractivity contribution in [2.24, 2.45) is 0 Å². The Morgan fingerprint density at radius 2 is 2.12 bits per heavy atom. The maximum Gasteiger partial charge on any atom is 0.249 e. The first-order valence-corrected chi connectivity index (χ1v) is 6.28. The lowest BCUT2D eigenvalue weighted by molar-refractivity contribution is -0.133. The Kier molecular flexibility index (Phi) is 3.68. The molecule has 1 unspecified atom stereocenters. The van der Waals surface area contributed by atoms with Crippen LogP contribution in [0.3, 0.4) is 0 Å². The maximum absolute atomic E-state index is 11.5. The number of carbonyl (C=O) groups excluding carboxylic acids is 2. The van der Waals surface area contributed by atoms with Crippen molar-refractivity contribution >= 4 is 33.7 Å². The third kappa shape index (κ3) is 3.00. The predicted molar refractivity (Wildman–Crippen MR) is 64.5 cm³/mol. The summed E-state index contributed by atoms with van der Waals surface area (Å²) in [6.07, 6.45) is 4.16. The Balaban J connectivity index is 2.00. The van der Waals surface area contributed by atoms with Gasteiger partial charge in [-0.3, -0.25) is 14.9 Å². The topological polar surface area (TPSA) is 84.0 Å². The number of nitrogens with zero attached hydrogens (tertiary/aromatic N) is 2. The molecular weight excluding hydrogens is 288 g/mol. The first-order valence-electron chi connectivity index (χ1n) is 5.16. The molecule has 17 heavy (non-hydrogen) atoms. The summed E-state index contributed by atoms with van der Waals surface area (Å²) in [7, 11) is 0. The Bertz CT molecular complexity index is 434. The zero-order valence-corrected chi connectivity index (χ0v) is 10.5. The molecule has 0 bridgehead atoms. The fourth-order valence-corrected chi connectivity index (χ4v) is 1.77. The van der Waals surface area contributed by atoms with E-state index in [9.17, 15) is 9.59 Å². The van der Waals surface area contributed by atoms with Crippen LogP contribution in [0.4, 0.5) is 5.95 Å².